The van der Waals surface area contributed by atoms with E-state index >= 15 is 0 Å². The summed E-state index contributed by atoms with van der Waals surface area (Å²) < 4.78 is 6.01. The Labute approximate surface area is 155 Å². The summed E-state index contributed by atoms with van der Waals surface area (Å²) in [7, 11) is 0. The molecule has 0 spiro atoms. The molecule has 1 aromatic carbocycles. The molecular formula is C21H27N3O2. The van der Waals surface area contributed by atoms with Crippen LogP contribution in [0.25, 0.3) is 0 Å². The van der Waals surface area contributed by atoms with Crippen LogP contribution in [-0.4, -0.2) is 34.8 Å². The summed E-state index contributed by atoms with van der Waals surface area (Å²) in [5, 5.41) is 9.15. The molecule has 3 heterocycles. The number of aromatic nitrogens is 2. The van der Waals surface area contributed by atoms with Crippen LogP contribution in [0.4, 0.5) is 5.82 Å². The summed E-state index contributed by atoms with van der Waals surface area (Å²) in [5.74, 6) is 3.48. The van der Waals surface area contributed by atoms with Gasteiger partial charge in [-0.25, -0.2) is 9.97 Å². The molecule has 1 aromatic heterocycles. The molecule has 4 rings (SSSR count). The Bertz CT molecular complexity index is 778. The molecule has 0 aliphatic carbocycles. The van der Waals surface area contributed by atoms with Crippen molar-refractivity contribution in [3.8, 4) is 5.75 Å². The first-order chi connectivity index (χ1) is 12.7. The van der Waals surface area contributed by atoms with Gasteiger partial charge < -0.3 is 14.7 Å². The summed E-state index contributed by atoms with van der Waals surface area (Å²) in [6.45, 7) is 4.82. The van der Waals surface area contributed by atoms with Gasteiger partial charge in [-0.05, 0) is 50.2 Å². The molecule has 1 saturated heterocycles. The van der Waals surface area contributed by atoms with Gasteiger partial charge in [0.05, 0.1) is 5.69 Å². The second kappa shape index (κ2) is 7.62. The Kier molecular flexibility index (Phi) is 5.07. The molecule has 2 aromatic rings. The number of aliphatic hydroxyl groups excluding tert-OH is 1. The number of anilines is 1. The number of rotatable bonds is 4. The van der Waals surface area contributed by atoms with Crippen molar-refractivity contribution in [2.45, 2.75) is 45.6 Å². The topological polar surface area (TPSA) is 58.5 Å². The van der Waals surface area contributed by atoms with E-state index in [1.807, 2.05) is 19.1 Å². The van der Waals surface area contributed by atoms with Gasteiger partial charge in [0.25, 0.3) is 0 Å². The number of benzene rings is 1. The Balaban J connectivity index is 1.66. The van der Waals surface area contributed by atoms with Crippen LogP contribution in [0.5, 0.6) is 5.75 Å². The van der Waals surface area contributed by atoms with Crippen molar-refractivity contribution < 1.29 is 9.84 Å². The normalized spacial score (nSPS) is 19.3. The number of aryl methyl sites for hydroxylation is 1. The molecule has 26 heavy (non-hydrogen) atoms. The maximum absolute atomic E-state index is 9.15. The van der Waals surface area contributed by atoms with E-state index in [1.165, 1.54) is 24.0 Å². The van der Waals surface area contributed by atoms with Crippen molar-refractivity contribution in [2.24, 2.45) is 5.92 Å². The lowest BCUT2D eigenvalue weighted by Gasteiger charge is -2.35. The summed E-state index contributed by atoms with van der Waals surface area (Å²) in [6, 6.07) is 8.25. The van der Waals surface area contributed by atoms with Crippen molar-refractivity contribution >= 4 is 5.82 Å². The number of hydrogen-bond acceptors (Lipinski definition) is 5. The van der Waals surface area contributed by atoms with E-state index in [0.717, 1.165) is 55.4 Å². The molecule has 0 amide bonds. The molecular weight excluding hydrogens is 326 g/mol. The molecule has 1 fully saturated rings. The van der Waals surface area contributed by atoms with Gasteiger partial charge in [0.2, 0.25) is 0 Å². The lowest BCUT2D eigenvalue weighted by molar-refractivity contribution is 0.263. The fraction of sp³-hybridized carbons (Fsp3) is 0.524. The molecule has 1 atom stereocenters. The maximum atomic E-state index is 9.15. The molecule has 0 saturated carbocycles. The van der Waals surface area contributed by atoms with Gasteiger partial charge in [0, 0.05) is 31.7 Å². The molecule has 1 N–H and O–H groups in total. The van der Waals surface area contributed by atoms with Crippen LogP contribution in [0, 0.1) is 12.8 Å². The zero-order valence-corrected chi connectivity index (χ0v) is 15.4. The summed E-state index contributed by atoms with van der Waals surface area (Å²) >= 11 is 0. The first-order valence-electron chi connectivity index (χ1n) is 9.67. The molecule has 138 valence electrons. The average Bonchev–Trinajstić information content (AvgIpc) is 2.85. The highest BCUT2D eigenvalue weighted by atomic mass is 16.5. The van der Waals surface area contributed by atoms with Gasteiger partial charge >= 0.3 is 0 Å². The lowest BCUT2D eigenvalue weighted by atomic mass is 9.93. The zero-order chi connectivity index (χ0) is 17.9. The highest BCUT2D eigenvalue weighted by molar-refractivity contribution is 5.54. The van der Waals surface area contributed by atoms with E-state index in [-0.39, 0.29) is 6.61 Å². The smallest absolute Gasteiger partial charge is 0.136 e. The zero-order valence-electron chi connectivity index (χ0n) is 15.4. The molecule has 1 unspecified atom stereocenters. The highest BCUT2D eigenvalue weighted by Crippen LogP contribution is 2.34. The minimum absolute atomic E-state index is 0.284. The van der Waals surface area contributed by atoms with Gasteiger partial charge in [-0.1, -0.05) is 18.2 Å². The number of aliphatic hydroxyl groups is 1. The van der Waals surface area contributed by atoms with E-state index in [9.17, 15) is 0 Å². The third kappa shape index (κ3) is 3.54. The number of nitrogens with zero attached hydrogens (tertiary/aromatic N) is 3. The summed E-state index contributed by atoms with van der Waals surface area (Å²) in [6.07, 6.45) is 5.22. The van der Waals surface area contributed by atoms with Crippen molar-refractivity contribution in [1.29, 1.82) is 0 Å². The fourth-order valence-corrected chi connectivity index (χ4v) is 4.20. The van der Waals surface area contributed by atoms with Crippen LogP contribution in [0.1, 0.15) is 48.3 Å². The van der Waals surface area contributed by atoms with Crippen LogP contribution in [0.2, 0.25) is 0 Å². The number of piperidine rings is 1. The van der Waals surface area contributed by atoms with Gasteiger partial charge in [-0.15, -0.1) is 0 Å². The number of para-hydroxylation sites is 1. The minimum atomic E-state index is 0.284. The SMILES string of the molecule is Cc1nc2c(c(N3CCCC(CCCO)C3)n1)Cc1ccccc1OC2. The Morgan fingerprint density at radius 2 is 2.15 bits per heavy atom. The van der Waals surface area contributed by atoms with Gasteiger partial charge in [-0.3, -0.25) is 0 Å². The van der Waals surface area contributed by atoms with Crippen LogP contribution in [0.15, 0.2) is 24.3 Å². The Morgan fingerprint density at radius 3 is 3.04 bits per heavy atom. The van der Waals surface area contributed by atoms with E-state index < -0.39 is 0 Å². The number of ether oxygens (including phenoxy) is 1. The lowest BCUT2D eigenvalue weighted by Crippen LogP contribution is -2.37. The highest BCUT2D eigenvalue weighted by Gasteiger charge is 2.26. The van der Waals surface area contributed by atoms with E-state index in [0.29, 0.717) is 12.5 Å². The van der Waals surface area contributed by atoms with Gasteiger partial charge in [0.1, 0.15) is 24.0 Å². The number of fused-ring (bicyclic) bond motifs is 2. The Hall–Kier alpha value is -2.14. The van der Waals surface area contributed by atoms with Crippen LogP contribution < -0.4 is 9.64 Å². The van der Waals surface area contributed by atoms with Crippen LogP contribution in [-0.2, 0) is 13.0 Å². The first kappa shape index (κ1) is 17.3. The van der Waals surface area contributed by atoms with Crippen LogP contribution >= 0.6 is 0 Å². The molecule has 2 aliphatic heterocycles. The molecule has 5 heteroatoms. The monoisotopic (exact) mass is 353 g/mol. The third-order valence-electron chi connectivity index (χ3n) is 5.48. The molecule has 0 radical (unpaired) electrons. The summed E-state index contributed by atoms with van der Waals surface area (Å²) in [4.78, 5) is 12.0. The van der Waals surface area contributed by atoms with Crippen molar-refractivity contribution in [1.82, 2.24) is 9.97 Å². The Morgan fingerprint density at radius 1 is 1.27 bits per heavy atom. The summed E-state index contributed by atoms with van der Waals surface area (Å²) in [5.41, 5.74) is 3.43. The van der Waals surface area contributed by atoms with Gasteiger partial charge in [-0.2, -0.15) is 0 Å². The van der Waals surface area contributed by atoms with Crippen LogP contribution in [0.3, 0.4) is 0 Å². The minimum Gasteiger partial charge on any atom is -0.487 e. The predicted molar refractivity (Wildman–Crippen MR) is 102 cm³/mol. The standard InChI is InChI=1S/C21H27N3O2/c1-15-22-19-14-26-20-9-3-2-8-17(20)12-18(19)21(23-15)24-10-4-6-16(13-24)7-5-11-25/h2-3,8-9,16,25H,4-7,10-14H2,1H3. The van der Waals surface area contributed by atoms with E-state index in [1.54, 1.807) is 0 Å². The van der Waals surface area contributed by atoms with Crippen molar-refractivity contribution in [3.05, 3.63) is 46.9 Å². The largest absolute Gasteiger partial charge is 0.487 e. The van der Waals surface area contributed by atoms with Gasteiger partial charge in [0.15, 0.2) is 0 Å². The fourth-order valence-electron chi connectivity index (χ4n) is 4.20. The molecule has 2 aliphatic rings. The quantitative estimate of drug-likeness (QED) is 0.914. The third-order valence-corrected chi connectivity index (χ3v) is 5.48. The van der Waals surface area contributed by atoms with Crippen molar-refractivity contribution in [3.63, 3.8) is 0 Å². The second-order valence-electron chi connectivity index (χ2n) is 7.41. The second-order valence-corrected chi connectivity index (χ2v) is 7.41. The number of hydrogen-bond donors (Lipinski definition) is 1. The average molecular weight is 353 g/mol. The first-order valence-corrected chi connectivity index (χ1v) is 9.67. The molecule has 0 bridgehead atoms. The molecule has 5 nitrogen and oxygen atoms in total. The van der Waals surface area contributed by atoms with E-state index in [4.69, 9.17) is 14.8 Å². The van der Waals surface area contributed by atoms with E-state index in [2.05, 4.69) is 22.0 Å². The maximum Gasteiger partial charge on any atom is 0.136 e. The predicted octanol–water partition coefficient (Wildman–Crippen LogP) is 3.26. The van der Waals surface area contributed by atoms with Crippen molar-refractivity contribution in [2.75, 3.05) is 24.6 Å².